The fourth-order valence-electron chi connectivity index (χ4n) is 2.80. The number of hydrogen-bond donors (Lipinski definition) is 1. The number of nitrogens with zero attached hydrogens (tertiary/aromatic N) is 2. The Hall–Kier alpha value is -2.17. The van der Waals surface area contributed by atoms with Crippen LogP contribution in [0.3, 0.4) is 0 Å². The summed E-state index contributed by atoms with van der Waals surface area (Å²) in [5, 5.41) is 7.49. The first-order valence-electron chi connectivity index (χ1n) is 7.60. The number of halogens is 1. The predicted octanol–water partition coefficient (Wildman–Crippen LogP) is 3.16. The minimum atomic E-state index is -0.290. The van der Waals surface area contributed by atoms with E-state index in [-0.39, 0.29) is 17.8 Å². The van der Waals surface area contributed by atoms with Gasteiger partial charge in [-0.3, -0.25) is 4.79 Å². The summed E-state index contributed by atoms with van der Waals surface area (Å²) in [6, 6.07) is 6.29. The van der Waals surface area contributed by atoms with Crippen molar-refractivity contribution in [2.24, 2.45) is 5.92 Å². The summed E-state index contributed by atoms with van der Waals surface area (Å²) < 4.78 is 14.7. The van der Waals surface area contributed by atoms with Crippen molar-refractivity contribution < 1.29 is 9.18 Å². The highest BCUT2D eigenvalue weighted by atomic mass is 19.1. The van der Waals surface area contributed by atoms with E-state index < -0.39 is 0 Å². The van der Waals surface area contributed by atoms with Gasteiger partial charge >= 0.3 is 0 Å². The second-order valence-corrected chi connectivity index (χ2v) is 6.03. The van der Waals surface area contributed by atoms with Gasteiger partial charge < -0.3 is 5.32 Å². The van der Waals surface area contributed by atoms with Crippen LogP contribution >= 0.6 is 0 Å². The Morgan fingerprint density at radius 1 is 1.32 bits per heavy atom. The van der Waals surface area contributed by atoms with Gasteiger partial charge in [-0.2, -0.15) is 5.10 Å². The molecule has 116 valence electrons. The fraction of sp³-hybridized carbons (Fsp3) is 0.412. The molecular weight excluding hydrogens is 281 g/mol. The van der Waals surface area contributed by atoms with Gasteiger partial charge in [0.05, 0.1) is 22.6 Å². The van der Waals surface area contributed by atoms with Crippen molar-refractivity contribution in [3.05, 3.63) is 47.0 Å². The molecule has 1 heterocycles. The monoisotopic (exact) mass is 301 g/mol. The molecule has 1 atom stereocenters. The Labute approximate surface area is 129 Å². The van der Waals surface area contributed by atoms with Crippen molar-refractivity contribution in [2.45, 2.75) is 39.7 Å². The smallest absolute Gasteiger partial charge is 0.255 e. The summed E-state index contributed by atoms with van der Waals surface area (Å²) in [6.45, 7) is 5.73. The zero-order valence-corrected chi connectivity index (χ0v) is 13.1. The highest BCUT2D eigenvalue weighted by Crippen LogP contribution is 2.32. The molecule has 5 heteroatoms. The van der Waals surface area contributed by atoms with Crippen LogP contribution in [-0.2, 0) is 0 Å². The summed E-state index contributed by atoms with van der Waals surface area (Å²) in [7, 11) is 0. The van der Waals surface area contributed by atoms with Gasteiger partial charge in [0.25, 0.3) is 5.91 Å². The van der Waals surface area contributed by atoms with E-state index in [0.717, 1.165) is 11.4 Å². The van der Waals surface area contributed by atoms with Crippen molar-refractivity contribution in [1.29, 1.82) is 0 Å². The van der Waals surface area contributed by atoms with E-state index in [2.05, 4.69) is 10.4 Å². The third kappa shape index (κ3) is 2.75. The number of hydrogen-bond acceptors (Lipinski definition) is 2. The minimum Gasteiger partial charge on any atom is -0.349 e. The van der Waals surface area contributed by atoms with Gasteiger partial charge in [0, 0.05) is 6.04 Å². The van der Waals surface area contributed by atoms with E-state index in [1.54, 1.807) is 16.8 Å². The minimum absolute atomic E-state index is 0.0808. The fourth-order valence-corrected chi connectivity index (χ4v) is 2.80. The maximum absolute atomic E-state index is 13.0. The molecule has 0 bridgehead atoms. The van der Waals surface area contributed by atoms with Crippen LogP contribution in [-0.4, -0.2) is 21.7 Å². The third-order valence-electron chi connectivity index (χ3n) is 4.28. The van der Waals surface area contributed by atoms with E-state index in [0.29, 0.717) is 17.2 Å². The van der Waals surface area contributed by atoms with Crippen LogP contribution in [0.4, 0.5) is 4.39 Å². The normalized spacial score (nSPS) is 15.6. The summed E-state index contributed by atoms with van der Waals surface area (Å²) in [6.07, 6.45) is 2.38. The standard InChI is InChI=1S/C17H20FN3O/c1-10(13-4-5-13)19-17(22)16-11(2)20-21(12(16)3)15-8-6-14(18)7-9-15/h6-10,13H,4-5H2,1-3H3,(H,19,22)/t10-/m1/s1. The van der Waals surface area contributed by atoms with Crippen LogP contribution in [0.25, 0.3) is 5.69 Å². The second-order valence-electron chi connectivity index (χ2n) is 6.03. The van der Waals surface area contributed by atoms with E-state index >= 15 is 0 Å². The average Bonchev–Trinajstić information content (AvgIpc) is 3.26. The largest absolute Gasteiger partial charge is 0.349 e. The van der Waals surface area contributed by atoms with Crippen molar-refractivity contribution >= 4 is 5.91 Å². The lowest BCUT2D eigenvalue weighted by molar-refractivity contribution is 0.0934. The van der Waals surface area contributed by atoms with Gasteiger partial charge in [0.2, 0.25) is 0 Å². The number of carbonyl (C=O) groups is 1. The molecule has 0 saturated heterocycles. The Morgan fingerprint density at radius 2 is 1.95 bits per heavy atom. The average molecular weight is 301 g/mol. The van der Waals surface area contributed by atoms with Gasteiger partial charge in [-0.25, -0.2) is 9.07 Å². The first-order chi connectivity index (χ1) is 10.5. The molecule has 3 rings (SSSR count). The van der Waals surface area contributed by atoms with E-state index in [4.69, 9.17) is 0 Å². The summed E-state index contributed by atoms with van der Waals surface area (Å²) in [4.78, 5) is 12.5. The Kier molecular flexibility index (Phi) is 3.72. The molecule has 1 N–H and O–H groups in total. The number of carbonyl (C=O) groups excluding carboxylic acids is 1. The summed E-state index contributed by atoms with van der Waals surface area (Å²) in [5.41, 5.74) is 2.81. The number of rotatable bonds is 4. The molecule has 1 saturated carbocycles. The number of amides is 1. The van der Waals surface area contributed by atoms with Crippen LogP contribution in [0.1, 0.15) is 41.5 Å². The molecule has 1 aliphatic carbocycles. The second kappa shape index (κ2) is 5.55. The zero-order chi connectivity index (χ0) is 15.9. The molecule has 22 heavy (non-hydrogen) atoms. The maximum Gasteiger partial charge on any atom is 0.255 e. The van der Waals surface area contributed by atoms with E-state index in [1.165, 1.54) is 25.0 Å². The molecule has 0 unspecified atom stereocenters. The Morgan fingerprint density at radius 3 is 2.55 bits per heavy atom. The predicted molar refractivity (Wildman–Crippen MR) is 82.6 cm³/mol. The molecule has 1 aliphatic rings. The number of benzene rings is 1. The van der Waals surface area contributed by atoms with Crippen LogP contribution in [0.5, 0.6) is 0 Å². The lowest BCUT2D eigenvalue weighted by Crippen LogP contribution is -2.34. The molecule has 0 spiro atoms. The molecule has 1 aromatic carbocycles. The van der Waals surface area contributed by atoms with E-state index in [9.17, 15) is 9.18 Å². The van der Waals surface area contributed by atoms with Gasteiger partial charge in [0.1, 0.15) is 5.82 Å². The molecule has 0 aliphatic heterocycles. The highest BCUT2D eigenvalue weighted by Gasteiger charge is 2.30. The molecule has 1 amide bonds. The van der Waals surface area contributed by atoms with Crippen LogP contribution < -0.4 is 5.32 Å². The summed E-state index contributed by atoms with van der Waals surface area (Å²) in [5.74, 6) is 0.237. The topological polar surface area (TPSA) is 46.9 Å². The number of nitrogens with one attached hydrogen (secondary N) is 1. The van der Waals surface area contributed by atoms with E-state index in [1.807, 2.05) is 20.8 Å². The van der Waals surface area contributed by atoms with Crippen LogP contribution in [0.2, 0.25) is 0 Å². The quantitative estimate of drug-likeness (QED) is 0.943. The number of aromatic nitrogens is 2. The Bertz CT molecular complexity index is 701. The number of aryl methyl sites for hydroxylation is 1. The third-order valence-corrected chi connectivity index (χ3v) is 4.28. The highest BCUT2D eigenvalue weighted by molar-refractivity contribution is 5.96. The molecule has 1 aromatic heterocycles. The van der Waals surface area contributed by atoms with Crippen molar-refractivity contribution in [2.75, 3.05) is 0 Å². The van der Waals surface area contributed by atoms with Crippen molar-refractivity contribution in [1.82, 2.24) is 15.1 Å². The zero-order valence-electron chi connectivity index (χ0n) is 13.1. The maximum atomic E-state index is 13.0. The summed E-state index contributed by atoms with van der Waals surface area (Å²) >= 11 is 0. The molecule has 4 nitrogen and oxygen atoms in total. The van der Waals surface area contributed by atoms with Gasteiger partial charge in [-0.1, -0.05) is 0 Å². The van der Waals surface area contributed by atoms with Crippen LogP contribution in [0.15, 0.2) is 24.3 Å². The lowest BCUT2D eigenvalue weighted by atomic mass is 10.1. The molecule has 0 radical (unpaired) electrons. The molecule has 1 fully saturated rings. The van der Waals surface area contributed by atoms with Gasteiger partial charge in [0.15, 0.2) is 0 Å². The first-order valence-corrected chi connectivity index (χ1v) is 7.60. The molecule has 2 aromatic rings. The van der Waals surface area contributed by atoms with Crippen molar-refractivity contribution in [3.63, 3.8) is 0 Å². The lowest BCUT2D eigenvalue weighted by Gasteiger charge is -2.13. The van der Waals surface area contributed by atoms with Crippen molar-refractivity contribution in [3.8, 4) is 5.69 Å². The first kappa shape index (κ1) is 14.8. The SMILES string of the molecule is Cc1nn(-c2ccc(F)cc2)c(C)c1C(=O)N[C@H](C)C1CC1. The van der Waals surface area contributed by atoms with Gasteiger partial charge in [-0.05, 0) is 63.8 Å². The van der Waals surface area contributed by atoms with Gasteiger partial charge in [-0.15, -0.1) is 0 Å². The Balaban J connectivity index is 1.89. The van der Waals surface area contributed by atoms with Crippen LogP contribution in [0, 0.1) is 25.6 Å². The molecular formula is C17H20FN3O.